The van der Waals surface area contributed by atoms with Crippen molar-refractivity contribution in [1.29, 1.82) is 0 Å². The van der Waals surface area contributed by atoms with Crippen LogP contribution in [0.25, 0.3) is 0 Å². The predicted molar refractivity (Wildman–Crippen MR) is 120 cm³/mol. The SMILES string of the molecule is COCCCNS(=O)(=O)c1ccc(NC(=O)CCNS(=O)(=O)c2ccc([N+](=O)[O-])cc2)cc1. The summed E-state index contributed by atoms with van der Waals surface area (Å²) < 4.78 is 58.4. The van der Waals surface area contributed by atoms with Crippen LogP contribution in [-0.2, 0) is 29.6 Å². The zero-order chi connectivity index (χ0) is 24.5. The molecule has 0 aliphatic heterocycles. The van der Waals surface area contributed by atoms with Gasteiger partial charge in [0.1, 0.15) is 0 Å². The molecule has 0 saturated heterocycles. The molecule has 0 radical (unpaired) electrons. The Balaban J connectivity index is 1.85. The third-order valence-electron chi connectivity index (χ3n) is 4.27. The van der Waals surface area contributed by atoms with Crippen LogP contribution < -0.4 is 14.8 Å². The Bertz CT molecular complexity index is 1170. The summed E-state index contributed by atoms with van der Waals surface area (Å²) >= 11 is 0. The molecule has 0 fully saturated rings. The molecule has 14 heteroatoms. The standard InChI is InChI=1S/C19H24N4O8S2/c1-31-14-2-12-20-32(27,28)17-7-3-15(4-8-17)22-19(24)11-13-21-33(29,30)18-9-5-16(6-10-18)23(25)26/h3-10,20-21H,2,11-14H2,1H3,(H,22,24). The molecule has 0 unspecified atom stereocenters. The van der Waals surface area contributed by atoms with E-state index in [0.29, 0.717) is 18.7 Å². The van der Waals surface area contributed by atoms with Gasteiger partial charge in [0.25, 0.3) is 5.69 Å². The summed E-state index contributed by atoms with van der Waals surface area (Å²) in [6.07, 6.45) is 0.338. The number of hydrogen-bond donors (Lipinski definition) is 3. The largest absolute Gasteiger partial charge is 0.385 e. The van der Waals surface area contributed by atoms with Crippen LogP contribution in [0.3, 0.4) is 0 Å². The molecular weight excluding hydrogens is 476 g/mol. The van der Waals surface area contributed by atoms with E-state index in [1.807, 2.05) is 0 Å². The molecular formula is C19H24N4O8S2. The fraction of sp³-hybridized carbons (Fsp3) is 0.316. The van der Waals surface area contributed by atoms with Gasteiger partial charge in [0.2, 0.25) is 26.0 Å². The van der Waals surface area contributed by atoms with Gasteiger partial charge in [-0.2, -0.15) is 0 Å². The van der Waals surface area contributed by atoms with Crippen molar-refractivity contribution in [2.75, 3.05) is 32.1 Å². The highest BCUT2D eigenvalue weighted by atomic mass is 32.2. The van der Waals surface area contributed by atoms with Gasteiger partial charge in [0.15, 0.2) is 0 Å². The quantitative estimate of drug-likeness (QED) is 0.209. The Morgan fingerprint density at radius 3 is 1.94 bits per heavy atom. The molecule has 180 valence electrons. The van der Waals surface area contributed by atoms with Gasteiger partial charge >= 0.3 is 0 Å². The second-order valence-electron chi connectivity index (χ2n) is 6.72. The zero-order valence-corrected chi connectivity index (χ0v) is 19.3. The maximum Gasteiger partial charge on any atom is 0.269 e. The first-order valence-corrected chi connectivity index (χ1v) is 12.6. The van der Waals surface area contributed by atoms with Crippen LogP contribution >= 0.6 is 0 Å². The average Bonchev–Trinajstić information content (AvgIpc) is 2.77. The predicted octanol–water partition coefficient (Wildman–Crippen LogP) is 1.22. The van der Waals surface area contributed by atoms with E-state index in [-0.39, 0.29) is 35.0 Å². The number of nitrogens with zero attached hydrogens (tertiary/aromatic N) is 1. The minimum absolute atomic E-state index is 0.0359. The summed E-state index contributed by atoms with van der Waals surface area (Å²) in [5.41, 5.74) is 0.102. The molecule has 33 heavy (non-hydrogen) atoms. The number of nitro groups is 1. The molecule has 0 spiro atoms. The maximum atomic E-state index is 12.2. The van der Waals surface area contributed by atoms with Gasteiger partial charge in [-0.3, -0.25) is 14.9 Å². The molecule has 0 aromatic heterocycles. The summed E-state index contributed by atoms with van der Waals surface area (Å²) in [5, 5.41) is 13.2. The van der Waals surface area contributed by atoms with E-state index in [2.05, 4.69) is 14.8 Å². The van der Waals surface area contributed by atoms with Crippen LogP contribution in [0, 0.1) is 10.1 Å². The summed E-state index contributed by atoms with van der Waals surface area (Å²) in [5.74, 6) is -0.491. The molecule has 2 rings (SSSR count). The Labute approximate surface area is 191 Å². The normalized spacial score (nSPS) is 11.8. The number of anilines is 1. The molecule has 12 nitrogen and oxygen atoms in total. The van der Waals surface area contributed by atoms with Gasteiger partial charge in [-0.05, 0) is 42.8 Å². The number of non-ortho nitro benzene ring substituents is 1. The number of carbonyl (C=O) groups is 1. The van der Waals surface area contributed by atoms with Crippen molar-refractivity contribution in [3.63, 3.8) is 0 Å². The Hall–Kier alpha value is -2.91. The number of methoxy groups -OCH3 is 1. The third kappa shape index (κ3) is 8.18. The molecule has 0 bridgehead atoms. The first-order chi connectivity index (χ1) is 15.5. The number of carbonyl (C=O) groups excluding carboxylic acids is 1. The molecule has 0 atom stereocenters. The van der Waals surface area contributed by atoms with Crippen molar-refractivity contribution in [2.45, 2.75) is 22.6 Å². The van der Waals surface area contributed by atoms with Gasteiger partial charge in [-0.25, -0.2) is 26.3 Å². The van der Waals surface area contributed by atoms with Crippen LogP contribution in [0.5, 0.6) is 0 Å². The first kappa shape index (κ1) is 26.3. The highest BCUT2D eigenvalue weighted by Crippen LogP contribution is 2.16. The van der Waals surface area contributed by atoms with Crippen molar-refractivity contribution in [1.82, 2.24) is 9.44 Å². The minimum Gasteiger partial charge on any atom is -0.385 e. The number of hydrogen-bond acceptors (Lipinski definition) is 8. The molecule has 0 aliphatic rings. The lowest BCUT2D eigenvalue weighted by Crippen LogP contribution is -2.28. The lowest BCUT2D eigenvalue weighted by molar-refractivity contribution is -0.384. The Morgan fingerprint density at radius 2 is 1.42 bits per heavy atom. The van der Waals surface area contributed by atoms with Crippen LogP contribution in [0.4, 0.5) is 11.4 Å². The number of amides is 1. The van der Waals surface area contributed by atoms with Gasteiger partial charge in [-0.1, -0.05) is 0 Å². The fourth-order valence-corrected chi connectivity index (χ4v) is 4.68. The van der Waals surface area contributed by atoms with Gasteiger partial charge in [0.05, 0.1) is 14.7 Å². The highest BCUT2D eigenvalue weighted by Gasteiger charge is 2.17. The van der Waals surface area contributed by atoms with Crippen molar-refractivity contribution >= 4 is 37.3 Å². The third-order valence-corrected chi connectivity index (χ3v) is 7.22. The van der Waals surface area contributed by atoms with Crippen molar-refractivity contribution in [2.24, 2.45) is 0 Å². The Morgan fingerprint density at radius 1 is 0.909 bits per heavy atom. The number of nitro benzene ring substituents is 1. The number of rotatable bonds is 13. The Kier molecular flexibility index (Phi) is 9.43. The number of benzene rings is 2. The second kappa shape index (κ2) is 11.8. The van der Waals surface area contributed by atoms with Crippen LogP contribution in [-0.4, -0.2) is 54.5 Å². The lowest BCUT2D eigenvalue weighted by atomic mass is 10.3. The van der Waals surface area contributed by atoms with E-state index in [9.17, 15) is 31.7 Å². The molecule has 3 N–H and O–H groups in total. The van der Waals surface area contributed by atoms with Gasteiger partial charge < -0.3 is 10.1 Å². The average molecular weight is 501 g/mol. The summed E-state index contributed by atoms with van der Waals surface area (Å²) in [4.78, 5) is 22.0. The molecule has 0 aliphatic carbocycles. The monoisotopic (exact) mass is 500 g/mol. The van der Waals surface area contributed by atoms with Gasteiger partial charge in [0, 0.05) is 51.0 Å². The van der Waals surface area contributed by atoms with E-state index in [1.54, 1.807) is 0 Å². The number of nitrogens with one attached hydrogen (secondary N) is 3. The second-order valence-corrected chi connectivity index (χ2v) is 10.2. The molecule has 0 heterocycles. The first-order valence-electron chi connectivity index (χ1n) is 9.68. The maximum absolute atomic E-state index is 12.2. The van der Waals surface area contributed by atoms with Crippen LogP contribution in [0.1, 0.15) is 12.8 Å². The van der Waals surface area contributed by atoms with E-state index in [4.69, 9.17) is 4.74 Å². The van der Waals surface area contributed by atoms with E-state index >= 15 is 0 Å². The van der Waals surface area contributed by atoms with Crippen molar-refractivity contribution < 1.29 is 31.3 Å². The van der Waals surface area contributed by atoms with Crippen LogP contribution in [0.2, 0.25) is 0 Å². The van der Waals surface area contributed by atoms with Crippen molar-refractivity contribution in [3.8, 4) is 0 Å². The number of sulfonamides is 2. The van der Waals surface area contributed by atoms with E-state index in [1.165, 1.54) is 31.4 Å². The van der Waals surface area contributed by atoms with Gasteiger partial charge in [-0.15, -0.1) is 0 Å². The topological polar surface area (TPSA) is 174 Å². The number of ether oxygens (including phenoxy) is 1. The summed E-state index contributed by atoms with van der Waals surface area (Å²) in [6.45, 7) is 0.449. The summed E-state index contributed by atoms with van der Waals surface area (Å²) in [6, 6.07) is 9.86. The molecule has 2 aromatic carbocycles. The highest BCUT2D eigenvalue weighted by molar-refractivity contribution is 7.89. The zero-order valence-electron chi connectivity index (χ0n) is 17.7. The fourth-order valence-electron chi connectivity index (χ4n) is 2.58. The van der Waals surface area contributed by atoms with E-state index < -0.39 is 30.9 Å². The van der Waals surface area contributed by atoms with E-state index in [0.717, 1.165) is 24.3 Å². The molecule has 1 amide bonds. The van der Waals surface area contributed by atoms with Crippen molar-refractivity contribution in [3.05, 3.63) is 58.6 Å². The smallest absolute Gasteiger partial charge is 0.269 e. The van der Waals surface area contributed by atoms with Crippen LogP contribution in [0.15, 0.2) is 58.3 Å². The lowest BCUT2D eigenvalue weighted by Gasteiger charge is -2.09. The minimum atomic E-state index is -3.94. The summed E-state index contributed by atoms with van der Waals surface area (Å²) in [7, 11) is -6.10. The molecule has 2 aromatic rings. The molecule has 0 saturated carbocycles.